The van der Waals surface area contributed by atoms with Crippen molar-refractivity contribution >= 4 is 11.7 Å². The van der Waals surface area contributed by atoms with E-state index < -0.39 is 5.60 Å². The van der Waals surface area contributed by atoms with Crippen LogP contribution < -0.4 is 4.90 Å². The average Bonchev–Trinajstić information content (AvgIpc) is 2.36. The molecule has 1 aromatic rings. The van der Waals surface area contributed by atoms with Gasteiger partial charge in [0, 0.05) is 25.2 Å². The van der Waals surface area contributed by atoms with Gasteiger partial charge >= 0.3 is 5.97 Å². The van der Waals surface area contributed by atoms with E-state index in [1.807, 2.05) is 64.0 Å². The molecular weight excluding hydrogens is 262 g/mol. The summed E-state index contributed by atoms with van der Waals surface area (Å²) in [4.78, 5) is 14.4. The fourth-order valence-corrected chi connectivity index (χ4v) is 1.69. The van der Waals surface area contributed by atoms with Gasteiger partial charge in [-0.3, -0.25) is 4.79 Å². The Morgan fingerprint density at radius 1 is 1.05 bits per heavy atom. The van der Waals surface area contributed by atoms with Gasteiger partial charge in [-0.2, -0.15) is 0 Å². The molecule has 0 aliphatic carbocycles. The van der Waals surface area contributed by atoms with Gasteiger partial charge in [-0.15, -0.1) is 0 Å². The quantitative estimate of drug-likeness (QED) is 0.778. The van der Waals surface area contributed by atoms with E-state index in [2.05, 4.69) is 20.8 Å². The van der Waals surface area contributed by atoms with Gasteiger partial charge in [0.1, 0.15) is 5.60 Å². The summed E-state index contributed by atoms with van der Waals surface area (Å²) < 4.78 is 5.75. The number of hydrogen-bond donors (Lipinski definition) is 0. The third kappa shape index (κ3) is 4.23. The summed E-state index contributed by atoms with van der Waals surface area (Å²) in [5.74, 6) is -0.435. The van der Waals surface area contributed by atoms with Gasteiger partial charge in [0.15, 0.2) is 0 Å². The molecule has 0 saturated carbocycles. The molecule has 1 aromatic carbocycles. The molecule has 1 atom stereocenters. The molecule has 118 valence electrons. The predicted molar refractivity (Wildman–Crippen MR) is 88.8 cm³/mol. The summed E-state index contributed by atoms with van der Waals surface area (Å²) in [7, 11) is 4.00. The lowest BCUT2D eigenvalue weighted by Gasteiger charge is -2.38. The Kier molecular flexibility index (Phi) is 5.08. The molecule has 0 radical (unpaired) electrons. The second-order valence-electron chi connectivity index (χ2n) is 7.39. The topological polar surface area (TPSA) is 29.5 Å². The number of ether oxygens (including phenoxy) is 1. The van der Waals surface area contributed by atoms with Crippen LogP contribution in [0.4, 0.5) is 5.69 Å². The minimum atomic E-state index is -0.498. The third-order valence-corrected chi connectivity index (χ3v) is 4.42. The van der Waals surface area contributed by atoms with Crippen LogP contribution in [0, 0.1) is 5.41 Å². The number of esters is 1. The maximum absolute atomic E-state index is 12.4. The molecule has 21 heavy (non-hydrogen) atoms. The highest BCUT2D eigenvalue weighted by atomic mass is 16.6. The number of carbonyl (C=O) groups is 1. The Hall–Kier alpha value is -1.51. The molecule has 0 amide bonds. The highest BCUT2D eigenvalue weighted by Gasteiger charge is 2.37. The molecule has 1 rings (SSSR count). The largest absolute Gasteiger partial charge is 0.459 e. The minimum absolute atomic E-state index is 0.100. The third-order valence-electron chi connectivity index (χ3n) is 4.42. The van der Waals surface area contributed by atoms with Crippen molar-refractivity contribution in [1.82, 2.24) is 0 Å². The predicted octanol–water partition coefficient (Wildman–Crippen LogP) is 4.22. The maximum Gasteiger partial charge on any atom is 0.313 e. The Balaban J connectivity index is 2.84. The lowest BCUT2D eigenvalue weighted by atomic mass is 9.79. The van der Waals surface area contributed by atoms with Gasteiger partial charge in [0.25, 0.3) is 0 Å². The van der Waals surface area contributed by atoms with Crippen molar-refractivity contribution < 1.29 is 9.53 Å². The monoisotopic (exact) mass is 291 g/mol. The molecule has 0 fully saturated rings. The first-order valence-electron chi connectivity index (χ1n) is 7.46. The van der Waals surface area contributed by atoms with E-state index >= 15 is 0 Å². The zero-order chi connectivity index (χ0) is 16.4. The smallest absolute Gasteiger partial charge is 0.313 e. The van der Waals surface area contributed by atoms with Crippen molar-refractivity contribution in [2.24, 2.45) is 5.41 Å². The molecule has 0 unspecified atom stereocenters. The van der Waals surface area contributed by atoms with E-state index in [1.165, 1.54) is 0 Å². The number of carbonyl (C=O) groups excluding carboxylic acids is 1. The van der Waals surface area contributed by atoms with Gasteiger partial charge in [0.2, 0.25) is 0 Å². The van der Waals surface area contributed by atoms with E-state index in [1.54, 1.807) is 0 Å². The van der Waals surface area contributed by atoms with E-state index in [4.69, 9.17) is 4.74 Å². The summed E-state index contributed by atoms with van der Waals surface area (Å²) in [6.07, 6.45) is 0. The van der Waals surface area contributed by atoms with Crippen molar-refractivity contribution in [3.8, 4) is 0 Å². The molecule has 3 nitrogen and oxygen atoms in total. The number of anilines is 1. The van der Waals surface area contributed by atoms with Crippen LogP contribution in [-0.4, -0.2) is 25.7 Å². The lowest BCUT2D eigenvalue weighted by molar-refractivity contribution is -0.168. The standard InChI is InChI=1S/C18H29NO2/c1-13(14-9-11-15(12-10-14)19(7)8)16(20)21-18(5,6)17(2,3)4/h9-13H,1-8H3/t13-/m0/s1. The molecule has 0 bridgehead atoms. The summed E-state index contributed by atoms with van der Waals surface area (Å²) in [6, 6.07) is 8.03. The fourth-order valence-electron chi connectivity index (χ4n) is 1.69. The number of nitrogens with zero attached hydrogens (tertiary/aromatic N) is 1. The van der Waals surface area contributed by atoms with Gasteiger partial charge in [-0.05, 0) is 38.5 Å². The van der Waals surface area contributed by atoms with Crippen molar-refractivity contribution in [2.75, 3.05) is 19.0 Å². The first-order chi connectivity index (χ1) is 9.45. The Bertz CT molecular complexity index is 481. The minimum Gasteiger partial charge on any atom is -0.459 e. The van der Waals surface area contributed by atoms with Crippen LogP contribution in [0.3, 0.4) is 0 Å². The van der Waals surface area contributed by atoms with Crippen molar-refractivity contribution in [3.63, 3.8) is 0 Å². The van der Waals surface area contributed by atoms with Gasteiger partial charge in [-0.25, -0.2) is 0 Å². The summed E-state index contributed by atoms with van der Waals surface area (Å²) >= 11 is 0. The van der Waals surface area contributed by atoms with E-state index in [9.17, 15) is 4.79 Å². The van der Waals surface area contributed by atoms with Crippen LogP contribution in [-0.2, 0) is 9.53 Å². The van der Waals surface area contributed by atoms with Crippen LogP contribution in [0.1, 0.15) is 53.0 Å². The Labute approximate surface area is 129 Å². The molecular formula is C18H29NO2. The van der Waals surface area contributed by atoms with E-state index in [0.717, 1.165) is 11.3 Å². The zero-order valence-electron chi connectivity index (χ0n) is 14.7. The van der Waals surface area contributed by atoms with Crippen LogP contribution in [0.25, 0.3) is 0 Å². The molecule has 0 aliphatic rings. The molecule has 0 aliphatic heterocycles. The van der Waals surface area contributed by atoms with Crippen LogP contribution in [0.2, 0.25) is 0 Å². The van der Waals surface area contributed by atoms with Crippen LogP contribution >= 0.6 is 0 Å². The molecule has 0 spiro atoms. The van der Waals surface area contributed by atoms with Gasteiger partial charge in [-0.1, -0.05) is 32.9 Å². The molecule has 0 saturated heterocycles. The van der Waals surface area contributed by atoms with Crippen LogP contribution in [0.5, 0.6) is 0 Å². The zero-order valence-corrected chi connectivity index (χ0v) is 14.7. The molecule has 0 N–H and O–H groups in total. The highest BCUT2D eigenvalue weighted by Crippen LogP contribution is 2.34. The molecule has 0 heterocycles. The Morgan fingerprint density at radius 3 is 1.90 bits per heavy atom. The maximum atomic E-state index is 12.4. The second kappa shape index (κ2) is 6.08. The highest BCUT2D eigenvalue weighted by molar-refractivity contribution is 5.78. The summed E-state index contributed by atoms with van der Waals surface area (Å²) in [6.45, 7) is 12.1. The Morgan fingerprint density at radius 2 is 1.52 bits per heavy atom. The summed E-state index contributed by atoms with van der Waals surface area (Å²) in [5, 5.41) is 0. The first kappa shape index (κ1) is 17.5. The molecule has 0 aromatic heterocycles. The average molecular weight is 291 g/mol. The van der Waals surface area contributed by atoms with Gasteiger partial charge < -0.3 is 9.64 Å². The first-order valence-corrected chi connectivity index (χ1v) is 7.46. The van der Waals surface area contributed by atoms with Crippen LogP contribution in [0.15, 0.2) is 24.3 Å². The van der Waals surface area contributed by atoms with Crippen molar-refractivity contribution in [3.05, 3.63) is 29.8 Å². The summed E-state index contributed by atoms with van der Waals surface area (Å²) in [5.41, 5.74) is 1.50. The molecule has 3 heteroatoms. The van der Waals surface area contributed by atoms with Crippen molar-refractivity contribution in [1.29, 1.82) is 0 Å². The number of hydrogen-bond acceptors (Lipinski definition) is 3. The van der Waals surface area contributed by atoms with Crippen molar-refractivity contribution in [2.45, 2.75) is 53.1 Å². The normalized spacial score (nSPS) is 13.7. The fraction of sp³-hybridized carbons (Fsp3) is 0.611. The van der Waals surface area contributed by atoms with E-state index in [0.29, 0.717) is 0 Å². The van der Waals surface area contributed by atoms with Gasteiger partial charge in [0.05, 0.1) is 5.92 Å². The SMILES string of the molecule is C[C@H](C(=O)OC(C)(C)C(C)(C)C)c1ccc(N(C)C)cc1. The number of rotatable bonds is 4. The lowest BCUT2D eigenvalue weighted by Crippen LogP contribution is -2.42. The second-order valence-corrected chi connectivity index (χ2v) is 7.39. The number of benzene rings is 1. The van der Waals surface area contributed by atoms with E-state index in [-0.39, 0.29) is 17.3 Å².